The zero-order valence-corrected chi connectivity index (χ0v) is 21.0. The van der Waals surface area contributed by atoms with E-state index in [1.165, 1.54) is 18.4 Å². The lowest BCUT2D eigenvalue weighted by molar-refractivity contribution is -0.139. The number of imide groups is 1. The van der Waals surface area contributed by atoms with Gasteiger partial charge < -0.3 is 10.2 Å². The first-order chi connectivity index (χ1) is 17.2. The molecule has 1 spiro atoms. The fraction of sp³-hybridized carbons (Fsp3) is 0.417. The van der Waals surface area contributed by atoms with Crippen LogP contribution in [0.5, 0.6) is 0 Å². The van der Waals surface area contributed by atoms with E-state index in [-0.39, 0.29) is 36.7 Å². The lowest BCUT2D eigenvalue weighted by Crippen LogP contribution is -2.60. The molecular formula is C24H27N7O4S. The summed E-state index contributed by atoms with van der Waals surface area (Å²) in [5.41, 5.74) is 0.374. The topological polar surface area (TPSA) is 132 Å². The van der Waals surface area contributed by atoms with E-state index < -0.39 is 17.6 Å². The molecule has 2 saturated heterocycles. The minimum atomic E-state index is -1.07. The number of likely N-dealkylation sites (N-methyl/N-ethyl adjacent to an activating group) is 1. The third kappa shape index (κ3) is 3.81. The number of aromatic nitrogens is 3. The summed E-state index contributed by atoms with van der Waals surface area (Å²) < 4.78 is 0. The van der Waals surface area contributed by atoms with Crippen LogP contribution in [-0.4, -0.2) is 80.5 Å². The zero-order valence-electron chi connectivity index (χ0n) is 20.2. The first-order valence-electron chi connectivity index (χ1n) is 11.8. The van der Waals surface area contributed by atoms with Crippen LogP contribution in [0.25, 0.3) is 10.9 Å². The number of thiazole rings is 1. The number of anilines is 1. The number of rotatable bonds is 5. The number of benzene rings is 1. The highest BCUT2D eigenvalue weighted by molar-refractivity contribution is 7.11. The average Bonchev–Trinajstić information content (AvgIpc) is 3.61. The third-order valence-corrected chi connectivity index (χ3v) is 7.81. The van der Waals surface area contributed by atoms with Gasteiger partial charge >= 0.3 is 6.03 Å². The van der Waals surface area contributed by atoms with Gasteiger partial charge in [0, 0.05) is 42.8 Å². The molecule has 3 aromatic rings. The molecule has 4 heterocycles. The first kappa shape index (κ1) is 23.9. The highest BCUT2D eigenvalue weighted by Gasteiger charge is 2.58. The number of piperidine rings is 1. The van der Waals surface area contributed by atoms with Crippen LogP contribution in [0.4, 0.5) is 10.5 Å². The number of hydrogen-bond donors (Lipinski definition) is 2. The number of amides is 5. The van der Waals surface area contributed by atoms with Gasteiger partial charge in [-0.25, -0.2) is 9.78 Å². The van der Waals surface area contributed by atoms with E-state index in [2.05, 4.69) is 20.5 Å². The predicted octanol–water partition coefficient (Wildman–Crippen LogP) is 2.23. The van der Waals surface area contributed by atoms with Crippen molar-refractivity contribution in [3.05, 3.63) is 41.0 Å². The van der Waals surface area contributed by atoms with E-state index in [4.69, 9.17) is 0 Å². The second-order valence-corrected chi connectivity index (χ2v) is 10.4. The Morgan fingerprint density at radius 1 is 1.19 bits per heavy atom. The van der Waals surface area contributed by atoms with Gasteiger partial charge in [0.2, 0.25) is 5.91 Å². The molecule has 2 N–H and O–H groups in total. The summed E-state index contributed by atoms with van der Waals surface area (Å²) in [4.78, 5) is 61.0. The Morgan fingerprint density at radius 2 is 1.94 bits per heavy atom. The van der Waals surface area contributed by atoms with E-state index >= 15 is 0 Å². The van der Waals surface area contributed by atoms with E-state index in [0.29, 0.717) is 23.5 Å². The number of carbonyl (C=O) groups excluding carboxylic acids is 4. The fourth-order valence-electron chi connectivity index (χ4n) is 5.04. The maximum Gasteiger partial charge on any atom is 0.331 e. The predicted molar refractivity (Wildman–Crippen MR) is 133 cm³/mol. The molecular weight excluding hydrogens is 482 g/mol. The van der Waals surface area contributed by atoms with Crippen LogP contribution >= 0.6 is 11.3 Å². The number of nitrogens with zero attached hydrogens (tertiary/aromatic N) is 5. The number of carbonyl (C=O) groups is 4. The highest BCUT2D eigenvalue weighted by Crippen LogP contribution is 2.41. The average molecular weight is 510 g/mol. The van der Waals surface area contributed by atoms with Gasteiger partial charge in [-0.05, 0) is 37.0 Å². The Hall–Kier alpha value is -3.80. The summed E-state index contributed by atoms with van der Waals surface area (Å²) in [5, 5.41) is 12.6. The van der Waals surface area contributed by atoms with Crippen molar-refractivity contribution in [2.45, 2.75) is 38.3 Å². The van der Waals surface area contributed by atoms with Crippen molar-refractivity contribution in [3.63, 3.8) is 0 Å². The van der Waals surface area contributed by atoms with Gasteiger partial charge in [0.25, 0.3) is 11.8 Å². The molecule has 12 heteroatoms. The molecule has 0 radical (unpaired) electrons. The minimum absolute atomic E-state index is 0.142. The van der Waals surface area contributed by atoms with E-state index in [1.807, 2.05) is 26.0 Å². The smallest absolute Gasteiger partial charge is 0.331 e. The molecule has 0 saturated carbocycles. The number of hydrogen-bond acceptors (Lipinski definition) is 7. The van der Waals surface area contributed by atoms with Crippen LogP contribution in [0.15, 0.2) is 36.0 Å². The lowest BCUT2D eigenvalue weighted by atomic mass is 9.85. The van der Waals surface area contributed by atoms with Gasteiger partial charge in [-0.2, -0.15) is 5.10 Å². The number of nitrogens with one attached hydrogen (secondary N) is 2. The van der Waals surface area contributed by atoms with Crippen molar-refractivity contribution in [2.75, 3.05) is 25.0 Å². The summed E-state index contributed by atoms with van der Waals surface area (Å²) >= 11 is 1.21. The quantitative estimate of drug-likeness (QED) is 0.507. The number of H-pyrrole nitrogens is 1. The van der Waals surface area contributed by atoms with Crippen LogP contribution in [0.3, 0.4) is 0 Å². The van der Waals surface area contributed by atoms with E-state index in [9.17, 15) is 19.2 Å². The first-order valence-corrected chi connectivity index (χ1v) is 12.7. The van der Waals surface area contributed by atoms with Crippen LogP contribution in [0.2, 0.25) is 0 Å². The molecule has 2 aliphatic rings. The van der Waals surface area contributed by atoms with Crippen molar-refractivity contribution in [1.82, 2.24) is 30.3 Å². The second kappa shape index (κ2) is 9.01. The SMILES string of the molecule is CC(C)[C@@H](NC(=O)c1nccs1)C(=O)N1CCC2(CC1)C(=O)N(C)C(=O)N2c1ccc2[nH]ncc2c1. The van der Waals surface area contributed by atoms with Crippen molar-refractivity contribution in [2.24, 2.45) is 5.92 Å². The molecule has 11 nitrogen and oxygen atoms in total. The normalized spacial score (nSPS) is 18.5. The minimum Gasteiger partial charge on any atom is -0.341 e. The van der Waals surface area contributed by atoms with Gasteiger partial charge in [-0.3, -0.25) is 29.3 Å². The molecule has 1 atom stereocenters. The molecule has 2 aliphatic heterocycles. The van der Waals surface area contributed by atoms with Crippen molar-refractivity contribution < 1.29 is 19.2 Å². The molecule has 5 amide bonds. The van der Waals surface area contributed by atoms with Gasteiger partial charge in [-0.15, -0.1) is 11.3 Å². The summed E-state index contributed by atoms with van der Waals surface area (Å²) in [6.07, 6.45) is 3.80. The molecule has 0 bridgehead atoms. The highest BCUT2D eigenvalue weighted by atomic mass is 32.1. The maximum atomic E-state index is 13.4. The standard InChI is InChI=1S/C24H27N7O4S/c1-14(2)18(27-19(32)20-25-8-11-36-20)21(33)30-9-6-24(7-10-30)22(34)29(3)23(35)31(24)16-4-5-17-15(12-16)13-26-28-17/h4-5,8,11-14,18H,6-7,9-10H2,1-3H3,(H,26,28)(H,27,32)/t18-/m1/s1. The molecule has 2 aromatic heterocycles. The Morgan fingerprint density at radius 3 is 2.61 bits per heavy atom. The van der Waals surface area contributed by atoms with Gasteiger partial charge in [0.05, 0.1) is 11.7 Å². The van der Waals surface area contributed by atoms with Gasteiger partial charge in [0.1, 0.15) is 11.6 Å². The summed E-state index contributed by atoms with van der Waals surface area (Å²) in [5.74, 6) is -1.01. The molecule has 0 unspecified atom stereocenters. The summed E-state index contributed by atoms with van der Waals surface area (Å²) in [6, 6.07) is 4.36. The molecule has 1 aromatic carbocycles. The van der Waals surface area contributed by atoms with Crippen LogP contribution in [0, 0.1) is 5.92 Å². The Kier molecular flexibility index (Phi) is 5.99. The number of urea groups is 1. The molecule has 2 fully saturated rings. The fourth-order valence-corrected chi connectivity index (χ4v) is 5.58. The van der Waals surface area contributed by atoms with E-state index in [1.54, 1.807) is 33.6 Å². The summed E-state index contributed by atoms with van der Waals surface area (Å²) in [7, 11) is 1.49. The third-order valence-electron chi connectivity index (χ3n) is 7.04. The molecule has 5 rings (SSSR count). The largest absolute Gasteiger partial charge is 0.341 e. The van der Waals surface area contributed by atoms with Crippen LogP contribution in [0.1, 0.15) is 36.5 Å². The Bertz CT molecular complexity index is 1330. The summed E-state index contributed by atoms with van der Waals surface area (Å²) in [6.45, 7) is 4.31. The van der Waals surface area contributed by atoms with Crippen LogP contribution in [-0.2, 0) is 9.59 Å². The van der Waals surface area contributed by atoms with Crippen molar-refractivity contribution in [3.8, 4) is 0 Å². The maximum absolute atomic E-state index is 13.4. The van der Waals surface area contributed by atoms with Crippen LogP contribution < -0.4 is 10.2 Å². The van der Waals surface area contributed by atoms with Gasteiger partial charge in [0.15, 0.2) is 5.01 Å². The Balaban J connectivity index is 1.36. The molecule has 188 valence electrons. The van der Waals surface area contributed by atoms with Gasteiger partial charge in [-0.1, -0.05) is 13.8 Å². The second-order valence-electron chi connectivity index (χ2n) is 9.51. The Labute approximate surface area is 211 Å². The number of fused-ring (bicyclic) bond motifs is 1. The monoisotopic (exact) mass is 509 g/mol. The number of aromatic amines is 1. The van der Waals surface area contributed by atoms with E-state index in [0.717, 1.165) is 15.8 Å². The van der Waals surface area contributed by atoms with Crippen molar-refractivity contribution >= 4 is 51.7 Å². The lowest BCUT2D eigenvalue weighted by Gasteiger charge is -2.43. The molecule has 0 aliphatic carbocycles. The van der Waals surface area contributed by atoms with Crippen molar-refractivity contribution in [1.29, 1.82) is 0 Å². The number of likely N-dealkylation sites (tertiary alicyclic amines) is 1. The zero-order chi connectivity index (χ0) is 25.6. The molecule has 36 heavy (non-hydrogen) atoms.